The summed E-state index contributed by atoms with van der Waals surface area (Å²) in [5.41, 5.74) is 1.42. The van der Waals surface area contributed by atoms with E-state index in [1.807, 2.05) is 0 Å². The Morgan fingerprint density at radius 1 is 1.26 bits per heavy atom. The van der Waals surface area contributed by atoms with Gasteiger partial charge in [-0.25, -0.2) is 0 Å². The maximum absolute atomic E-state index is 11.7. The Morgan fingerprint density at radius 3 is 2.65 bits per heavy atom. The molecule has 23 heavy (non-hydrogen) atoms. The maximum Gasteiger partial charge on any atom is 0.308 e. The molecule has 1 aliphatic heterocycles. The van der Waals surface area contributed by atoms with Gasteiger partial charge in [-0.2, -0.15) is 0 Å². The van der Waals surface area contributed by atoms with E-state index in [-0.39, 0.29) is 17.9 Å². The Labute approximate surface area is 138 Å². The fourth-order valence-electron chi connectivity index (χ4n) is 4.42. The van der Waals surface area contributed by atoms with Gasteiger partial charge in [0.2, 0.25) is 0 Å². The van der Waals surface area contributed by atoms with Crippen molar-refractivity contribution in [3.05, 3.63) is 35.9 Å². The molecule has 1 aliphatic carbocycles. The van der Waals surface area contributed by atoms with E-state index in [0.717, 1.165) is 25.9 Å². The Kier molecular flexibility index (Phi) is 5.02. The van der Waals surface area contributed by atoms with E-state index in [9.17, 15) is 9.90 Å². The third-order valence-electron chi connectivity index (χ3n) is 5.66. The van der Waals surface area contributed by atoms with Gasteiger partial charge in [-0.15, -0.1) is 0 Å². The van der Waals surface area contributed by atoms with E-state index in [4.69, 9.17) is 4.74 Å². The monoisotopic (exact) mass is 317 g/mol. The zero-order valence-corrected chi connectivity index (χ0v) is 14.0. The number of carbonyl (C=O) groups is 1. The standard InChI is InChI=1S/C19H27NO3/c1-13-12-20(9-8-16(13)14-6-4-3-5-7-14)17-10-15(11-18(17)21)19(22)23-2/h3-7,13,15-18,21H,8-12H2,1-2H3. The predicted molar refractivity (Wildman–Crippen MR) is 89.1 cm³/mol. The predicted octanol–water partition coefficient (Wildman–Crippen LogP) is 2.42. The number of likely N-dealkylation sites (tertiary alicyclic amines) is 1. The number of hydrogen-bond acceptors (Lipinski definition) is 4. The van der Waals surface area contributed by atoms with Gasteiger partial charge in [0.1, 0.15) is 0 Å². The maximum atomic E-state index is 11.7. The van der Waals surface area contributed by atoms with Crippen LogP contribution in [-0.4, -0.2) is 48.3 Å². The number of ether oxygens (including phenoxy) is 1. The largest absolute Gasteiger partial charge is 0.469 e. The van der Waals surface area contributed by atoms with Crippen LogP contribution in [0.4, 0.5) is 0 Å². The summed E-state index contributed by atoms with van der Waals surface area (Å²) in [7, 11) is 1.43. The first-order chi connectivity index (χ1) is 11.1. The first-order valence-electron chi connectivity index (χ1n) is 8.65. The molecular weight excluding hydrogens is 290 g/mol. The average Bonchev–Trinajstić information content (AvgIpc) is 2.96. The Hall–Kier alpha value is -1.39. The minimum absolute atomic E-state index is 0.0956. The number of methoxy groups -OCH3 is 1. The number of nitrogens with zero attached hydrogens (tertiary/aromatic N) is 1. The van der Waals surface area contributed by atoms with Crippen LogP contribution in [0.1, 0.15) is 37.7 Å². The summed E-state index contributed by atoms with van der Waals surface area (Å²) in [6, 6.07) is 10.8. The van der Waals surface area contributed by atoms with Gasteiger partial charge in [0.15, 0.2) is 0 Å². The molecule has 1 N–H and O–H groups in total. The molecule has 1 saturated carbocycles. The highest BCUT2D eigenvalue weighted by Gasteiger charge is 2.42. The highest BCUT2D eigenvalue weighted by Crippen LogP contribution is 2.37. The molecule has 4 heteroatoms. The van der Waals surface area contributed by atoms with Crippen LogP contribution in [0.5, 0.6) is 0 Å². The van der Waals surface area contributed by atoms with E-state index in [1.165, 1.54) is 12.7 Å². The highest BCUT2D eigenvalue weighted by molar-refractivity contribution is 5.72. The van der Waals surface area contributed by atoms with E-state index < -0.39 is 6.10 Å². The lowest BCUT2D eigenvalue weighted by Gasteiger charge is -2.41. The van der Waals surface area contributed by atoms with Crippen molar-refractivity contribution in [1.82, 2.24) is 4.90 Å². The fourth-order valence-corrected chi connectivity index (χ4v) is 4.42. The summed E-state index contributed by atoms with van der Waals surface area (Å²) in [6.45, 7) is 4.26. The van der Waals surface area contributed by atoms with Gasteiger partial charge < -0.3 is 9.84 Å². The summed E-state index contributed by atoms with van der Waals surface area (Å²) in [4.78, 5) is 14.1. The van der Waals surface area contributed by atoms with Crippen LogP contribution >= 0.6 is 0 Å². The van der Waals surface area contributed by atoms with Crippen LogP contribution in [0.25, 0.3) is 0 Å². The molecule has 1 aromatic rings. The van der Waals surface area contributed by atoms with Crippen molar-refractivity contribution < 1.29 is 14.6 Å². The van der Waals surface area contributed by atoms with Gasteiger partial charge in [-0.1, -0.05) is 37.3 Å². The minimum Gasteiger partial charge on any atom is -0.469 e. The third kappa shape index (κ3) is 3.43. The Balaban J connectivity index is 1.63. The van der Waals surface area contributed by atoms with Crippen LogP contribution in [0.2, 0.25) is 0 Å². The molecule has 0 amide bonds. The zero-order chi connectivity index (χ0) is 16.4. The van der Waals surface area contributed by atoms with E-state index in [1.54, 1.807) is 0 Å². The van der Waals surface area contributed by atoms with Crippen molar-refractivity contribution in [1.29, 1.82) is 0 Å². The van der Waals surface area contributed by atoms with Gasteiger partial charge in [0.05, 0.1) is 19.1 Å². The summed E-state index contributed by atoms with van der Waals surface area (Å²) in [6.07, 6.45) is 1.94. The van der Waals surface area contributed by atoms with Crippen molar-refractivity contribution in [3.8, 4) is 0 Å². The van der Waals surface area contributed by atoms with Gasteiger partial charge in [0.25, 0.3) is 0 Å². The molecule has 0 aromatic heterocycles. The highest BCUT2D eigenvalue weighted by atomic mass is 16.5. The van der Waals surface area contributed by atoms with Gasteiger partial charge >= 0.3 is 5.97 Å². The van der Waals surface area contributed by atoms with Gasteiger partial charge in [0, 0.05) is 12.6 Å². The second-order valence-corrected chi connectivity index (χ2v) is 7.10. The number of benzene rings is 1. The second kappa shape index (κ2) is 7.02. The Bertz CT molecular complexity index is 533. The van der Waals surface area contributed by atoms with Crippen LogP contribution < -0.4 is 0 Å². The lowest BCUT2D eigenvalue weighted by atomic mass is 9.81. The number of aliphatic hydroxyl groups is 1. The lowest BCUT2D eigenvalue weighted by Crippen LogP contribution is -2.47. The number of carbonyl (C=O) groups excluding carboxylic acids is 1. The first-order valence-corrected chi connectivity index (χ1v) is 8.65. The number of rotatable bonds is 3. The van der Waals surface area contributed by atoms with E-state index in [0.29, 0.717) is 18.3 Å². The Morgan fingerprint density at radius 2 is 2.00 bits per heavy atom. The lowest BCUT2D eigenvalue weighted by molar-refractivity contribution is -0.145. The summed E-state index contributed by atoms with van der Waals surface area (Å²) in [5, 5.41) is 10.4. The molecule has 5 atom stereocenters. The first kappa shape index (κ1) is 16.5. The normalized spacial score (nSPS) is 35.2. The van der Waals surface area contributed by atoms with Crippen LogP contribution in [0.3, 0.4) is 0 Å². The number of piperidine rings is 1. The summed E-state index contributed by atoms with van der Waals surface area (Å²) < 4.78 is 4.85. The molecule has 0 radical (unpaired) electrons. The molecule has 2 fully saturated rings. The molecule has 4 nitrogen and oxygen atoms in total. The van der Waals surface area contributed by atoms with Crippen LogP contribution in [0.15, 0.2) is 30.3 Å². The minimum atomic E-state index is -0.417. The summed E-state index contributed by atoms with van der Waals surface area (Å²) >= 11 is 0. The average molecular weight is 317 g/mol. The molecule has 126 valence electrons. The molecule has 1 heterocycles. The molecule has 0 bridgehead atoms. The number of esters is 1. The number of aliphatic hydroxyl groups excluding tert-OH is 1. The third-order valence-corrected chi connectivity index (χ3v) is 5.66. The SMILES string of the molecule is COC(=O)C1CC(O)C(N2CCC(c3ccccc3)C(C)C2)C1. The molecule has 0 spiro atoms. The van der Waals surface area contributed by atoms with Crippen molar-refractivity contribution in [3.63, 3.8) is 0 Å². The molecule has 3 rings (SSSR count). The molecule has 1 aromatic carbocycles. The van der Waals surface area contributed by atoms with E-state index in [2.05, 4.69) is 42.2 Å². The quantitative estimate of drug-likeness (QED) is 0.870. The van der Waals surface area contributed by atoms with Crippen LogP contribution in [-0.2, 0) is 9.53 Å². The van der Waals surface area contributed by atoms with E-state index >= 15 is 0 Å². The molecule has 1 saturated heterocycles. The summed E-state index contributed by atoms with van der Waals surface area (Å²) in [5.74, 6) is 0.804. The molecule has 5 unspecified atom stereocenters. The zero-order valence-electron chi connectivity index (χ0n) is 14.0. The number of hydrogen-bond donors (Lipinski definition) is 1. The molecule has 2 aliphatic rings. The fraction of sp³-hybridized carbons (Fsp3) is 0.632. The van der Waals surface area contributed by atoms with Crippen LogP contribution in [0, 0.1) is 11.8 Å². The molecular formula is C19H27NO3. The van der Waals surface area contributed by atoms with Crippen molar-refractivity contribution >= 4 is 5.97 Å². The van der Waals surface area contributed by atoms with Gasteiger partial charge in [-0.3, -0.25) is 9.69 Å². The van der Waals surface area contributed by atoms with Crippen molar-refractivity contribution in [2.45, 2.75) is 44.2 Å². The second-order valence-electron chi connectivity index (χ2n) is 7.10. The van der Waals surface area contributed by atoms with Crippen molar-refractivity contribution in [2.24, 2.45) is 11.8 Å². The van der Waals surface area contributed by atoms with Crippen molar-refractivity contribution in [2.75, 3.05) is 20.2 Å². The topological polar surface area (TPSA) is 49.8 Å². The van der Waals surface area contributed by atoms with Gasteiger partial charge in [-0.05, 0) is 43.2 Å². The smallest absolute Gasteiger partial charge is 0.308 e.